The van der Waals surface area contributed by atoms with E-state index in [2.05, 4.69) is 57.2 Å². The molecule has 0 atom stereocenters. The Bertz CT molecular complexity index is 591. The second kappa shape index (κ2) is 4.28. The second-order valence-electron chi connectivity index (χ2n) is 5.82. The molecule has 0 saturated carbocycles. The van der Waals surface area contributed by atoms with Crippen molar-refractivity contribution in [1.82, 2.24) is 0 Å². The highest BCUT2D eigenvalue weighted by Gasteiger charge is 2.21. The normalized spacial score (nSPS) is 12.7. The van der Waals surface area contributed by atoms with Crippen LogP contribution in [0.5, 0.6) is 0 Å². The zero-order valence-electron chi connectivity index (χ0n) is 11.5. The second-order valence-corrected chi connectivity index (χ2v) is 5.82. The molecule has 2 aromatic rings. The Hall–Kier alpha value is -1.56. The summed E-state index contributed by atoms with van der Waals surface area (Å²) >= 11 is 0. The van der Waals surface area contributed by atoms with Crippen LogP contribution in [0.3, 0.4) is 0 Å². The van der Waals surface area contributed by atoms with Crippen molar-refractivity contribution in [1.29, 1.82) is 0 Å². The Morgan fingerprint density at radius 3 is 2.56 bits per heavy atom. The minimum atomic E-state index is 0.721. The van der Waals surface area contributed by atoms with E-state index >= 15 is 0 Å². The van der Waals surface area contributed by atoms with Gasteiger partial charge in [-0.1, -0.05) is 50.2 Å². The van der Waals surface area contributed by atoms with E-state index in [-0.39, 0.29) is 0 Å². The number of benzene rings is 2. The summed E-state index contributed by atoms with van der Waals surface area (Å²) in [7, 11) is 0. The van der Waals surface area contributed by atoms with E-state index in [1.807, 2.05) is 0 Å². The molecule has 18 heavy (non-hydrogen) atoms. The van der Waals surface area contributed by atoms with Crippen molar-refractivity contribution in [3.8, 4) is 11.1 Å². The fourth-order valence-corrected chi connectivity index (χ4v) is 3.08. The van der Waals surface area contributed by atoms with Gasteiger partial charge < -0.3 is 0 Å². The third-order valence-electron chi connectivity index (χ3n) is 3.95. The zero-order chi connectivity index (χ0) is 12.7. The maximum absolute atomic E-state index is 2.31. The monoisotopic (exact) mass is 236 g/mol. The fraction of sp³-hybridized carbons (Fsp3) is 0.333. The van der Waals surface area contributed by atoms with Gasteiger partial charge in [0, 0.05) is 0 Å². The maximum atomic E-state index is 2.31. The van der Waals surface area contributed by atoms with Crippen LogP contribution in [0, 0.1) is 12.8 Å². The molecule has 92 valence electrons. The van der Waals surface area contributed by atoms with Crippen molar-refractivity contribution in [2.75, 3.05) is 0 Å². The molecule has 1 aliphatic carbocycles. The quantitative estimate of drug-likeness (QED) is 0.601. The molecule has 0 saturated heterocycles. The molecular formula is C18H20. The lowest BCUT2D eigenvalue weighted by Gasteiger charge is -2.14. The number of rotatable bonds is 2. The molecule has 0 heterocycles. The Morgan fingerprint density at radius 2 is 1.78 bits per heavy atom. The Labute approximate surface area is 110 Å². The predicted octanol–water partition coefficient (Wildman–Crippen LogP) is 4.76. The van der Waals surface area contributed by atoms with Gasteiger partial charge in [-0.2, -0.15) is 0 Å². The van der Waals surface area contributed by atoms with Crippen molar-refractivity contribution in [2.24, 2.45) is 5.92 Å². The van der Waals surface area contributed by atoms with Gasteiger partial charge in [-0.15, -0.1) is 0 Å². The van der Waals surface area contributed by atoms with E-state index in [1.54, 1.807) is 11.1 Å². The molecule has 0 bridgehead atoms. The van der Waals surface area contributed by atoms with Gasteiger partial charge >= 0.3 is 0 Å². The van der Waals surface area contributed by atoms with Crippen LogP contribution in [0.25, 0.3) is 11.1 Å². The summed E-state index contributed by atoms with van der Waals surface area (Å²) in [6.07, 6.45) is 2.32. The molecule has 0 nitrogen and oxygen atoms in total. The van der Waals surface area contributed by atoms with Crippen molar-refractivity contribution in [3.05, 3.63) is 58.7 Å². The van der Waals surface area contributed by atoms with Crippen molar-refractivity contribution < 1.29 is 0 Å². The van der Waals surface area contributed by atoms with E-state index in [4.69, 9.17) is 0 Å². The highest BCUT2D eigenvalue weighted by molar-refractivity contribution is 5.78. The Balaban J connectivity index is 2.16. The van der Waals surface area contributed by atoms with Gasteiger partial charge in [-0.25, -0.2) is 0 Å². The third kappa shape index (κ3) is 1.77. The van der Waals surface area contributed by atoms with Crippen LogP contribution in [0.2, 0.25) is 0 Å². The fourth-order valence-electron chi connectivity index (χ4n) is 3.08. The van der Waals surface area contributed by atoms with Crippen LogP contribution >= 0.6 is 0 Å². The largest absolute Gasteiger partial charge is 0.0625 e. The number of hydrogen-bond donors (Lipinski definition) is 0. The van der Waals surface area contributed by atoms with Crippen LogP contribution in [0.4, 0.5) is 0 Å². The molecule has 0 N–H and O–H groups in total. The lowest BCUT2D eigenvalue weighted by molar-refractivity contribution is 0.642. The summed E-state index contributed by atoms with van der Waals surface area (Å²) < 4.78 is 0. The first-order valence-corrected chi connectivity index (χ1v) is 6.86. The molecular weight excluding hydrogens is 216 g/mol. The van der Waals surface area contributed by atoms with E-state index < -0.39 is 0 Å². The summed E-state index contributed by atoms with van der Waals surface area (Å²) in [6, 6.07) is 13.4. The zero-order valence-corrected chi connectivity index (χ0v) is 11.5. The van der Waals surface area contributed by atoms with E-state index in [0.717, 1.165) is 12.3 Å². The molecule has 0 aromatic heterocycles. The van der Waals surface area contributed by atoms with E-state index in [0.29, 0.717) is 0 Å². The van der Waals surface area contributed by atoms with E-state index in [9.17, 15) is 0 Å². The minimum absolute atomic E-state index is 0.721. The maximum Gasteiger partial charge on any atom is -0.00106 e. The van der Waals surface area contributed by atoms with Gasteiger partial charge in [0.1, 0.15) is 0 Å². The van der Waals surface area contributed by atoms with Gasteiger partial charge in [0.05, 0.1) is 0 Å². The standard InChI is InChI=1S/C18H20/c1-12(2)10-17-13(3)8-9-16-15-7-5-4-6-14(15)11-18(16)17/h4-9,12H,10-11H2,1-3H3. The number of hydrogen-bond acceptors (Lipinski definition) is 0. The summed E-state index contributed by atoms with van der Waals surface area (Å²) in [5, 5.41) is 0. The van der Waals surface area contributed by atoms with E-state index in [1.165, 1.54) is 28.7 Å². The molecule has 0 amide bonds. The Morgan fingerprint density at radius 1 is 1.00 bits per heavy atom. The number of aryl methyl sites for hydroxylation is 1. The van der Waals surface area contributed by atoms with Gasteiger partial charge in [0.2, 0.25) is 0 Å². The molecule has 0 spiro atoms. The molecule has 1 aliphatic rings. The van der Waals surface area contributed by atoms with Gasteiger partial charge in [-0.3, -0.25) is 0 Å². The van der Waals surface area contributed by atoms with Crippen molar-refractivity contribution >= 4 is 0 Å². The molecule has 0 unspecified atom stereocenters. The Kier molecular flexibility index (Phi) is 2.74. The predicted molar refractivity (Wildman–Crippen MR) is 78.0 cm³/mol. The molecule has 3 rings (SSSR count). The van der Waals surface area contributed by atoms with Crippen LogP contribution < -0.4 is 0 Å². The number of fused-ring (bicyclic) bond motifs is 3. The van der Waals surface area contributed by atoms with Crippen molar-refractivity contribution in [2.45, 2.75) is 33.6 Å². The lowest BCUT2D eigenvalue weighted by Crippen LogP contribution is -2.01. The van der Waals surface area contributed by atoms with Crippen LogP contribution in [0.15, 0.2) is 36.4 Å². The average Bonchev–Trinajstić information content (AvgIpc) is 2.71. The van der Waals surface area contributed by atoms with Crippen LogP contribution in [-0.2, 0) is 12.8 Å². The highest BCUT2D eigenvalue weighted by atomic mass is 14.3. The molecule has 0 radical (unpaired) electrons. The van der Waals surface area contributed by atoms with Crippen LogP contribution in [-0.4, -0.2) is 0 Å². The van der Waals surface area contributed by atoms with Gasteiger partial charge in [0.15, 0.2) is 0 Å². The lowest BCUT2D eigenvalue weighted by atomic mass is 9.91. The SMILES string of the molecule is Cc1ccc2c(c1CC(C)C)Cc1ccccc1-2. The van der Waals surface area contributed by atoms with Gasteiger partial charge in [-0.05, 0) is 59.1 Å². The molecule has 0 heteroatoms. The highest BCUT2D eigenvalue weighted by Crippen LogP contribution is 2.39. The molecule has 0 fully saturated rings. The van der Waals surface area contributed by atoms with Crippen LogP contribution in [0.1, 0.15) is 36.1 Å². The summed E-state index contributed by atoms with van der Waals surface area (Å²) in [5.41, 5.74) is 9.01. The average molecular weight is 236 g/mol. The summed E-state index contributed by atoms with van der Waals surface area (Å²) in [5.74, 6) is 0.721. The molecule has 0 aliphatic heterocycles. The minimum Gasteiger partial charge on any atom is -0.0625 e. The first-order valence-electron chi connectivity index (χ1n) is 6.86. The smallest absolute Gasteiger partial charge is 0.00106 e. The topological polar surface area (TPSA) is 0 Å². The first kappa shape index (κ1) is 11.5. The third-order valence-corrected chi connectivity index (χ3v) is 3.95. The summed E-state index contributed by atoms with van der Waals surface area (Å²) in [4.78, 5) is 0. The summed E-state index contributed by atoms with van der Waals surface area (Å²) in [6.45, 7) is 6.86. The van der Waals surface area contributed by atoms with Crippen molar-refractivity contribution in [3.63, 3.8) is 0 Å². The van der Waals surface area contributed by atoms with Gasteiger partial charge in [0.25, 0.3) is 0 Å². The first-order chi connectivity index (χ1) is 8.66. The molecule has 2 aromatic carbocycles.